The quantitative estimate of drug-likeness (QED) is 0.778. The highest BCUT2D eigenvalue weighted by Gasteiger charge is 2.31. The molecule has 1 aliphatic heterocycles. The van der Waals surface area contributed by atoms with Crippen LogP contribution in [0.1, 0.15) is 37.3 Å². The molecule has 0 amide bonds. The second-order valence-electron chi connectivity index (χ2n) is 5.67. The average molecular weight is 231 g/mol. The number of hydrogen-bond donors (Lipinski definition) is 2. The molecule has 0 aromatic heterocycles. The number of aromatic hydroxyl groups is 1. The summed E-state index contributed by atoms with van der Waals surface area (Å²) in [5.74, 6) is 1.21. The smallest absolute Gasteiger partial charge is 0.119 e. The van der Waals surface area contributed by atoms with Gasteiger partial charge in [0.25, 0.3) is 0 Å². The fraction of sp³-hybridized carbons (Fsp3) is 0.600. The highest BCUT2D eigenvalue weighted by atomic mass is 16.3. The largest absolute Gasteiger partial charge is 0.508 e. The highest BCUT2D eigenvalue weighted by Crippen LogP contribution is 2.35. The molecule has 2 nitrogen and oxygen atoms in total. The number of fused-ring (bicyclic) bond motifs is 1. The van der Waals surface area contributed by atoms with Gasteiger partial charge in [0.05, 0.1) is 0 Å². The number of phenolic OH excluding ortho intramolecular Hbond substituents is 1. The van der Waals surface area contributed by atoms with Crippen LogP contribution in [-0.2, 0) is 12.8 Å². The zero-order valence-corrected chi connectivity index (χ0v) is 10.4. The Kier molecular flexibility index (Phi) is 2.83. The van der Waals surface area contributed by atoms with Crippen molar-refractivity contribution in [1.82, 2.24) is 5.32 Å². The Morgan fingerprint density at radius 3 is 2.88 bits per heavy atom. The van der Waals surface area contributed by atoms with E-state index in [1.54, 1.807) is 0 Å². The predicted octanol–water partition coefficient (Wildman–Crippen LogP) is 2.64. The normalized spacial score (nSPS) is 32.4. The van der Waals surface area contributed by atoms with Crippen molar-refractivity contribution in [3.63, 3.8) is 0 Å². The van der Waals surface area contributed by atoms with Crippen molar-refractivity contribution in [3.8, 4) is 5.75 Å². The highest BCUT2D eigenvalue weighted by molar-refractivity contribution is 5.41. The van der Waals surface area contributed by atoms with Crippen molar-refractivity contribution in [2.45, 2.75) is 51.1 Å². The van der Waals surface area contributed by atoms with Crippen molar-refractivity contribution in [2.75, 3.05) is 0 Å². The van der Waals surface area contributed by atoms with Crippen LogP contribution in [0.25, 0.3) is 0 Å². The Morgan fingerprint density at radius 1 is 1.24 bits per heavy atom. The first-order valence-corrected chi connectivity index (χ1v) is 6.80. The Bertz CT molecular complexity index is 415. The summed E-state index contributed by atoms with van der Waals surface area (Å²) in [5.41, 5.74) is 2.55. The van der Waals surface area contributed by atoms with Crippen LogP contribution in [0.2, 0.25) is 0 Å². The first kappa shape index (κ1) is 11.1. The van der Waals surface area contributed by atoms with Gasteiger partial charge in [0.2, 0.25) is 0 Å². The molecule has 3 unspecified atom stereocenters. The predicted molar refractivity (Wildman–Crippen MR) is 69.2 cm³/mol. The molecule has 0 saturated carbocycles. The summed E-state index contributed by atoms with van der Waals surface area (Å²) in [6, 6.07) is 7.29. The van der Waals surface area contributed by atoms with E-state index in [2.05, 4.69) is 18.3 Å². The van der Waals surface area contributed by atoms with E-state index in [9.17, 15) is 5.11 Å². The summed E-state index contributed by atoms with van der Waals surface area (Å²) in [6.45, 7) is 2.27. The van der Waals surface area contributed by atoms with E-state index in [1.807, 2.05) is 12.1 Å². The van der Waals surface area contributed by atoms with Crippen LogP contribution in [-0.4, -0.2) is 17.2 Å². The van der Waals surface area contributed by atoms with Gasteiger partial charge < -0.3 is 10.4 Å². The molecule has 1 fully saturated rings. The van der Waals surface area contributed by atoms with Crippen molar-refractivity contribution >= 4 is 0 Å². The van der Waals surface area contributed by atoms with E-state index in [0.29, 0.717) is 23.8 Å². The molecular weight excluding hydrogens is 210 g/mol. The maximum Gasteiger partial charge on any atom is 0.119 e. The van der Waals surface area contributed by atoms with Crippen molar-refractivity contribution in [1.29, 1.82) is 0 Å². The third kappa shape index (κ3) is 2.06. The molecule has 17 heavy (non-hydrogen) atoms. The van der Waals surface area contributed by atoms with Gasteiger partial charge in [-0.1, -0.05) is 12.1 Å². The number of aryl methyl sites for hydroxylation is 1. The summed E-state index contributed by atoms with van der Waals surface area (Å²) in [6.07, 6.45) is 6.04. The molecule has 1 aromatic carbocycles. The van der Waals surface area contributed by atoms with Gasteiger partial charge in [0.15, 0.2) is 0 Å². The maximum absolute atomic E-state index is 9.95. The first-order valence-electron chi connectivity index (χ1n) is 6.80. The van der Waals surface area contributed by atoms with Crippen molar-refractivity contribution < 1.29 is 5.11 Å². The average Bonchev–Trinajstić information content (AvgIpc) is 2.76. The van der Waals surface area contributed by atoms with Crippen LogP contribution in [0.5, 0.6) is 5.75 Å². The molecule has 1 saturated heterocycles. The third-order valence-corrected chi connectivity index (χ3v) is 4.48. The second kappa shape index (κ2) is 4.34. The van der Waals surface area contributed by atoms with E-state index in [0.717, 1.165) is 12.8 Å². The Balaban J connectivity index is 1.78. The molecule has 1 aliphatic carbocycles. The topological polar surface area (TPSA) is 32.3 Å². The van der Waals surface area contributed by atoms with Gasteiger partial charge in [-0.2, -0.15) is 0 Å². The van der Waals surface area contributed by atoms with E-state index in [-0.39, 0.29) is 0 Å². The lowest BCUT2D eigenvalue weighted by Crippen LogP contribution is -2.36. The summed E-state index contributed by atoms with van der Waals surface area (Å²) >= 11 is 0. The lowest BCUT2D eigenvalue weighted by Gasteiger charge is -2.30. The minimum atomic E-state index is 0.498. The molecule has 0 spiro atoms. The standard InChI is InChI=1S/C15H21NO/c1-10-5-8-14(16-10)12-7-6-11-3-2-4-15(17)13(11)9-12/h2-4,10,12,14,16-17H,5-9H2,1H3. The molecule has 2 aliphatic rings. The lowest BCUT2D eigenvalue weighted by molar-refractivity contribution is 0.335. The Morgan fingerprint density at radius 2 is 2.12 bits per heavy atom. The minimum Gasteiger partial charge on any atom is -0.508 e. The van der Waals surface area contributed by atoms with Gasteiger partial charge in [-0.3, -0.25) is 0 Å². The molecule has 2 heteroatoms. The monoisotopic (exact) mass is 231 g/mol. The minimum absolute atomic E-state index is 0.498. The number of phenols is 1. The lowest BCUT2D eigenvalue weighted by atomic mass is 9.79. The number of hydrogen-bond acceptors (Lipinski definition) is 2. The molecular formula is C15H21NO. The number of rotatable bonds is 1. The maximum atomic E-state index is 9.95. The summed E-state index contributed by atoms with van der Waals surface area (Å²) in [5, 5.41) is 13.6. The molecule has 3 atom stereocenters. The zero-order chi connectivity index (χ0) is 11.8. The fourth-order valence-electron chi connectivity index (χ4n) is 3.47. The van der Waals surface area contributed by atoms with Crippen molar-refractivity contribution in [3.05, 3.63) is 29.3 Å². The molecule has 1 aromatic rings. The van der Waals surface area contributed by atoms with E-state index in [4.69, 9.17) is 0 Å². The SMILES string of the molecule is CC1CCC(C2CCc3cccc(O)c3C2)N1. The van der Waals surface area contributed by atoms with Crippen LogP contribution in [0.4, 0.5) is 0 Å². The molecule has 92 valence electrons. The summed E-state index contributed by atoms with van der Waals surface area (Å²) < 4.78 is 0. The number of nitrogens with one attached hydrogen (secondary N) is 1. The number of benzene rings is 1. The van der Waals surface area contributed by atoms with Crippen molar-refractivity contribution in [2.24, 2.45) is 5.92 Å². The van der Waals surface area contributed by atoms with Crippen LogP contribution < -0.4 is 5.32 Å². The van der Waals surface area contributed by atoms with Gasteiger partial charge in [-0.25, -0.2) is 0 Å². The molecule has 0 bridgehead atoms. The molecule has 2 N–H and O–H groups in total. The van der Waals surface area contributed by atoms with Crippen LogP contribution in [0.3, 0.4) is 0 Å². The second-order valence-corrected chi connectivity index (χ2v) is 5.67. The van der Waals surface area contributed by atoms with Gasteiger partial charge in [-0.05, 0) is 62.1 Å². The van der Waals surface area contributed by atoms with E-state index in [1.165, 1.54) is 30.4 Å². The van der Waals surface area contributed by atoms with Gasteiger partial charge in [0.1, 0.15) is 5.75 Å². The molecule has 3 rings (SSSR count). The van der Waals surface area contributed by atoms with Gasteiger partial charge in [0, 0.05) is 12.1 Å². The van der Waals surface area contributed by atoms with Crippen LogP contribution >= 0.6 is 0 Å². The first-order chi connectivity index (χ1) is 8.24. The zero-order valence-electron chi connectivity index (χ0n) is 10.4. The van der Waals surface area contributed by atoms with E-state index < -0.39 is 0 Å². The van der Waals surface area contributed by atoms with Gasteiger partial charge >= 0.3 is 0 Å². The van der Waals surface area contributed by atoms with Crippen LogP contribution in [0, 0.1) is 5.92 Å². The van der Waals surface area contributed by atoms with Gasteiger partial charge in [-0.15, -0.1) is 0 Å². The fourth-order valence-corrected chi connectivity index (χ4v) is 3.47. The van der Waals surface area contributed by atoms with E-state index >= 15 is 0 Å². The van der Waals surface area contributed by atoms with Crippen LogP contribution in [0.15, 0.2) is 18.2 Å². The summed E-state index contributed by atoms with van der Waals surface area (Å²) in [7, 11) is 0. The Hall–Kier alpha value is -1.02. The summed E-state index contributed by atoms with van der Waals surface area (Å²) in [4.78, 5) is 0. The molecule has 0 radical (unpaired) electrons. The molecule has 1 heterocycles. The third-order valence-electron chi connectivity index (χ3n) is 4.48. The Labute approximate surface area is 103 Å².